The van der Waals surface area contributed by atoms with E-state index in [-0.39, 0.29) is 24.4 Å². The fraction of sp³-hybridized carbons (Fsp3) is 0.290. The van der Waals surface area contributed by atoms with Crippen molar-refractivity contribution in [3.8, 4) is 0 Å². The first-order valence-electron chi connectivity index (χ1n) is 12.9. The lowest BCUT2D eigenvalue weighted by Crippen LogP contribution is -2.44. The van der Waals surface area contributed by atoms with Gasteiger partial charge in [-0.25, -0.2) is 0 Å². The Labute approximate surface area is 212 Å². The third-order valence-electron chi connectivity index (χ3n) is 7.06. The first-order chi connectivity index (χ1) is 17.6. The maximum Gasteiger partial charge on any atom is 0.254 e. The van der Waals surface area contributed by atoms with Crippen LogP contribution in [0.25, 0.3) is 10.9 Å². The van der Waals surface area contributed by atoms with Crippen LogP contribution in [0.2, 0.25) is 0 Å². The van der Waals surface area contributed by atoms with E-state index in [0.29, 0.717) is 18.7 Å². The summed E-state index contributed by atoms with van der Waals surface area (Å²) in [6.07, 6.45) is 5.64. The molecule has 184 valence electrons. The van der Waals surface area contributed by atoms with E-state index in [2.05, 4.69) is 24.0 Å². The van der Waals surface area contributed by atoms with Crippen LogP contribution >= 0.6 is 0 Å². The van der Waals surface area contributed by atoms with Gasteiger partial charge in [-0.2, -0.15) is 0 Å². The van der Waals surface area contributed by atoms with Gasteiger partial charge in [-0.15, -0.1) is 0 Å². The minimum Gasteiger partial charge on any atom is -0.361 e. The van der Waals surface area contributed by atoms with Crippen LogP contribution < -0.4 is 0 Å². The van der Waals surface area contributed by atoms with Gasteiger partial charge in [0.05, 0.1) is 0 Å². The number of rotatable bonds is 10. The number of nitrogens with one attached hydrogen (secondary N) is 1. The molecule has 1 heterocycles. The van der Waals surface area contributed by atoms with E-state index in [1.165, 1.54) is 16.5 Å². The number of aromatic nitrogens is 1. The largest absolute Gasteiger partial charge is 0.361 e. The average molecular weight is 480 g/mol. The van der Waals surface area contributed by atoms with Crippen LogP contribution in [0.15, 0.2) is 85.1 Å². The normalized spacial score (nSPS) is 13.0. The third-order valence-corrected chi connectivity index (χ3v) is 7.06. The molecular weight excluding hydrogens is 446 g/mol. The van der Waals surface area contributed by atoms with Crippen molar-refractivity contribution in [1.82, 2.24) is 14.8 Å². The first kappa shape index (κ1) is 23.9. The summed E-state index contributed by atoms with van der Waals surface area (Å²) in [6, 6.07) is 26.3. The molecule has 1 saturated carbocycles. The Morgan fingerprint density at radius 3 is 2.33 bits per heavy atom. The van der Waals surface area contributed by atoms with Crippen molar-refractivity contribution in [1.29, 1.82) is 0 Å². The number of aryl methyl sites for hydroxylation is 1. The number of H-pyrrole nitrogens is 1. The summed E-state index contributed by atoms with van der Waals surface area (Å²) >= 11 is 0. The molecule has 1 aliphatic rings. The van der Waals surface area contributed by atoms with Crippen molar-refractivity contribution < 1.29 is 9.59 Å². The predicted molar refractivity (Wildman–Crippen MR) is 144 cm³/mol. The zero-order valence-corrected chi connectivity index (χ0v) is 20.8. The maximum atomic E-state index is 13.7. The molecule has 5 heteroatoms. The molecule has 2 amide bonds. The van der Waals surface area contributed by atoms with Crippen molar-refractivity contribution in [3.63, 3.8) is 0 Å². The Morgan fingerprint density at radius 2 is 1.61 bits per heavy atom. The summed E-state index contributed by atoms with van der Waals surface area (Å²) in [7, 11) is 0. The molecule has 5 rings (SSSR count). The number of para-hydroxylation sites is 1. The minimum absolute atomic E-state index is 0.0101. The van der Waals surface area contributed by atoms with Gasteiger partial charge in [0.1, 0.15) is 6.54 Å². The van der Waals surface area contributed by atoms with Gasteiger partial charge in [0.15, 0.2) is 0 Å². The quantitative estimate of drug-likeness (QED) is 0.322. The highest BCUT2D eigenvalue weighted by atomic mass is 16.2. The van der Waals surface area contributed by atoms with Gasteiger partial charge in [-0.3, -0.25) is 9.59 Å². The molecule has 1 fully saturated rings. The van der Waals surface area contributed by atoms with E-state index in [4.69, 9.17) is 0 Å². The Hall–Kier alpha value is -3.86. The second-order valence-electron chi connectivity index (χ2n) is 9.63. The summed E-state index contributed by atoms with van der Waals surface area (Å²) in [6.45, 7) is 3.33. The number of hydrogen-bond donors (Lipinski definition) is 1. The molecular formula is C31H33N3O2. The summed E-state index contributed by atoms with van der Waals surface area (Å²) in [5, 5.41) is 1.19. The highest BCUT2D eigenvalue weighted by Crippen LogP contribution is 2.28. The number of hydrogen-bond acceptors (Lipinski definition) is 2. The van der Waals surface area contributed by atoms with Gasteiger partial charge >= 0.3 is 0 Å². The van der Waals surface area contributed by atoms with Gasteiger partial charge in [0.2, 0.25) is 5.91 Å². The number of fused-ring (bicyclic) bond motifs is 1. The van der Waals surface area contributed by atoms with E-state index in [1.807, 2.05) is 77.8 Å². The van der Waals surface area contributed by atoms with Crippen molar-refractivity contribution in [2.24, 2.45) is 0 Å². The molecule has 0 radical (unpaired) electrons. The lowest BCUT2D eigenvalue weighted by molar-refractivity contribution is -0.132. The zero-order valence-electron chi connectivity index (χ0n) is 20.8. The van der Waals surface area contributed by atoms with Crippen LogP contribution in [0.3, 0.4) is 0 Å². The molecule has 5 nitrogen and oxygen atoms in total. The lowest BCUT2D eigenvalue weighted by Gasteiger charge is -2.28. The molecule has 0 atom stereocenters. The van der Waals surface area contributed by atoms with Gasteiger partial charge in [0.25, 0.3) is 5.91 Å². The van der Waals surface area contributed by atoms with E-state index in [9.17, 15) is 9.59 Å². The molecule has 3 aromatic carbocycles. The average Bonchev–Trinajstić information content (AvgIpc) is 3.69. The minimum atomic E-state index is -0.0511. The van der Waals surface area contributed by atoms with Gasteiger partial charge in [-0.05, 0) is 60.6 Å². The fourth-order valence-corrected chi connectivity index (χ4v) is 4.74. The SMILES string of the molecule is CCc1ccc(C(=O)N(CC(=O)N(CCc2c[nH]c3ccccc23)Cc2ccccc2)C2CC2)cc1. The molecule has 0 saturated heterocycles. The second-order valence-corrected chi connectivity index (χ2v) is 9.63. The van der Waals surface area contributed by atoms with Crippen molar-refractivity contribution in [2.75, 3.05) is 13.1 Å². The van der Waals surface area contributed by atoms with Crippen LogP contribution in [-0.4, -0.2) is 45.7 Å². The van der Waals surface area contributed by atoms with Crippen molar-refractivity contribution in [3.05, 3.63) is 107 Å². The topological polar surface area (TPSA) is 56.4 Å². The smallest absolute Gasteiger partial charge is 0.254 e. The molecule has 1 aromatic heterocycles. The predicted octanol–water partition coefficient (Wildman–Crippen LogP) is 5.61. The monoisotopic (exact) mass is 479 g/mol. The number of aromatic amines is 1. The second kappa shape index (κ2) is 10.8. The molecule has 0 spiro atoms. The van der Waals surface area contributed by atoms with E-state index in [1.54, 1.807) is 4.90 Å². The van der Waals surface area contributed by atoms with Crippen molar-refractivity contribution in [2.45, 2.75) is 45.2 Å². The van der Waals surface area contributed by atoms with Crippen LogP contribution in [0.1, 0.15) is 46.8 Å². The van der Waals surface area contributed by atoms with Crippen LogP contribution in [-0.2, 0) is 24.2 Å². The Balaban J connectivity index is 1.33. The van der Waals surface area contributed by atoms with Gasteiger partial charge in [-0.1, -0.05) is 67.6 Å². The third kappa shape index (κ3) is 5.51. The van der Waals surface area contributed by atoms with E-state index < -0.39 is 0 Å². The number of carbonyl (C=O) groups excluding carboxylic acids is 2. The van der Waals surface area contributed by atoms with Crippen LogP contribution in [0, 0.1) is 0 Å². The summed E-state index contributed by atoms with van der Waals surface area (Å²) in [5.74, 6) is -0.0612. The standard InChI is InChI=1S/C31H33N3O2/c1-2-23-12-14-25(15-13-23)31(36)34(27-16-17-27)22-30(35)33(21-24-8-4-3-5-9-24)19-18-26-20-32-29-11-7-6-10-28(26)29/h3-15,20,27,32H,2,16-19,21-22H2,1H3. The fourth-order valence-electron chi connectivity index (χ4n) is 4.74. The Bertz CT molecular complexity index is 1320. The highest BCUT2D eigenvalue weighted by Gasteiger charge is 2.35. The first-order valence-corrected chi connectivity index (χ1v) is 12.9. The molecule has 36 heavy (non-hydrogen) atoms. The summed E-state index contributed by atoms with van der Waals surface area (Å²) in [4.78, 5) is 34.1. The Kier molecular flexibility index (Phi) is 7.17. The lowest BCUT2D eigenvalue weighted by atomic mass is 10.1. The Morgan fingerprint density at radius 1 is 0.889 bits per heavy atom. The highest BCUT2D eigenvalue weighted by molar-refractivity contribution is 5.97. The maximum absolute atomic E-state index is 13.7. The number of benzene rings is 3. The van der Waals surface area contributed by atoms with Gasteiger partial charge < -0.3 is 14.8 Å². The van der Waals surface area contributed by atoms with Crippen molar-refractivity contribution >= 4 is 22.7 Å². The molecule has 0 aliphatic heterocycles. The van der Waals surface area contributed by atoms with Crippen LogP contribution in [0.5, 0.6) is 0 Å². The number of amides is 2. The number of carbonyl (C=O) groups is 2. The summed E-state index contributed by atoms with van der Waals surface area (Å²) in [5.41, 5.74) is 5.24. The zero-order chi connectivity index (χ0) is 24.9. The van der Waals surface area contributed by atoms with E-state index >= 15 is 0 Å². The van der Waals surface area contributed by atoms with Crippen LogP contribution in [0.4, 0.5) is 0 Å². The summed E-state index contributed by atoms with van der Waals surface area (Å²) < 4.78 is 0. The number of nitrogens with zero attached hydrogens (tertiary/aromatic N) is 2. The molecule has 4 aromatic rings. The molecule has 0 bridgehead atoms. The van der Waals surface area contributed by atoms with Gasteiger partial charge in [0, 0.05) is 41.8 Å². The molecule has 1 aliphatic carbocycles. The molecule has 0 unspecified atom stereocenters. The molecule has 1 N–H and O–H groups in total. The van der Waals surface area contributed by atoms with E-state index in [0.717, 1.165) is 36.8 Å².